The minimum Gasteiger partial charge on any atom is -0.455 e. The van der Waals surface area contributed by atoms with Crippen LogP contribution in [0.15, 0.2) is 46.0 Å². The summed E-state index contributed by atoms with van der Waals surface area (Å²) < 4.78 is 43.1. The highest BCUT2D eigenvalue weighted by atomic mass is 19.4. The standard InChI is InChI=1S/C13H10F3NO2/c1-8(17-18)11-5-6-12(19-11)9-3-2-4-10(7-9)13(14,15)16/h2-7,18H,1H3/b17-8+. The van der Waals surface area contributed by atoms with Gasteiger partial charge in [-0.1, -0.05) is 17.3 Å². The van der Waals surface area contributed by atoms with Crippen LogP contribution in [0.2, 0.25) is 0 Å². The Morgan fingerprint density at radius 2 is 1.95 bits per heavy atom. The highest BCUT2D eigenvalue weighted by Gasteiger charge is 2.30. The van der Waals surface area contributed by atoms with E-state index < -0.39 is 11.7 Å². The van der Waals surface area contributed by atoms with Gasteiger partial charge in [0.2, 0.25) is 0 Å². The molecule has 3 nitrogen and oxygen atoms in total. The Morgan fingerprint density at radius 1 is 1.21 bits per heavy atom. The van der Waals surface area contributed by atoms with Crippen molar-refractivity contribution in [3.05, 3.63) is 47.7 Å². The van der Waals surface area contributed by atoms with Crippen LogP contribution in [0.5, 0.6) is 0 Å². The van der Waals surface area contributed by atoms with E-state index in [2.05, 4.69) is 5.16 Å². The molecule has 0 aliphatic rings. The van der Waals surface area contributed by atoms with Crippen LogP contribution in [0.3, 0.4) is 0 Å². The molecule has 0 aliphatic carbocycles. The van der Waals surface area contributed by atoms with Crippen LogP contribution >= 0.6 is 0 Å². The smallest absolute Gasteiger partial charge is 0.416 e. The lowest BCUT2D eigenvalue weighted by molar-refractivity contribution is -0.137. The van der Waals surface area contributed by atoms with Crippen molar-refractivity contribution in [1.29, 1.82) is 0 Å². The first-order chi connectivity index (χ1) is 8.91. The summed E-state index contributed by atoms with van der Waals surface area (Å²) >= 11 is 0. The molecule has 1 aromatic heterocycles. The molecule has 0 aliphatic heterocycles. The molecular weight excluding hydrogens is 259 g/mol. The topological polar surface area (TPSA) is 45.7 Å². The van der Waals surface area contributed by atoms with Crippen molar-refractivity contribution in [2.45, 2.75) is 13.1 Å². The maximum absolute atomic E-state index is 12.6. The Labute approximate surface area is 107 Å². The van der Waals surface area contributed by atoms with Crippen LogP contribution in [0.4, 0.5) is 13.2 Å². The average Bonchev–Trinajstić information content (AvgIpc) is 2.86. The molecule has 0 spiro atoms. The van der Waals surface area contributed by atoms with Crippen molar-refractivity contribution in [2.75, 3.05) is 0 Å². The highest BCUT2D eigenvalue weighted by Crippen LogP contribution is 2.32. The first-order valence-corrected chi connectivity index (χ1v) is 5.38. The largest absolute Gasteiger partial charge is 0.455 e. The third kappa shape index (κ3) is 2.78. The lowest BCUT2D eigenvalue weighted by atomic mass is 10.1. The molecule has 0 bridgehead atoms. The number of rotatable bonds is 2. The lowest BCUT2D eigenvalue weighted by Crippen LogP contribution is -2.04. The SMILES string of the molecule is C/C(=N\O)c1ccc(-c2cccc(C(F)(F)F)c2)o1. The molecule has 0 fully saturated rings. The summed E-state index contributed by atoms with van der Waals surface area (Å²) in [6.07, 6.45) is -4.39. The minimum absolute atomic E-state index is 0.248. The molecule has 2 rings (SSSR count). The zero-order valence-electron chi connectivity index (χ0n) is 9.90. The summed E-state index contributed by atoms with van der Waals surface area (Å²) in [5.74, 6) is 0.582. The predicted molar refractivity (Wildman–Crippen MR) is 63.1 cm³/mol. The minimum atomic E-state index is -4.39. The van der Waals surface area contributed by atoms with Crippen LogP contribution in [0.25, 0.3) is 11.3 Å². The molecule has 100 valence electrons. The number of hydrogen-bond donors (Lipinski definition) is 1. The predicted octanol–water partition coefficient (Wildman–Crippen LogP) is 4.16. The van der Waals surface area contributed by atoms with Gasteiger partial charge in [-0.05, 0) is 31.2 Å². The number of halogens is 3. The molecule has 1 heterocycles. The summed E-state index contributed by atoms with van der Waals surface area (Å²) in [4.78, 5) is 0. The van der Waals surface area contributed by atoms with E-state index in [1.807, 2.05) is 0 Å². The summed E-state index contributed by atoms with van der Waals surface area (Å²) in [6.45, 7) is 1.52. The molecule has 0 radical (unpaired) electrons. The zero-order valence-corrected chi connectivity index (χ0v) is 9.90. The maximum atomic E-state index is 12.6. The van der Waals surface area contributed by atoms with Gasteiger partial charge in [0.25, 0.3) is 0 Å². The molecule has 1 N–H and O–H groups in total. The van der Waals surface area contributed by atoms with Crippen molar-refractivity contribution >= 4 is 5.71 Å². The number of furan rings is 1. The van der Waals surface area contributed by atoms with Crippen molar-refractivity contribution in [2.24, 2.45) is 5.16 Å². The summed E-state index contributed by atoms with van der Waals surface area (Å²) in [7, 11) is 0. The fourth-order valence-corrected chi connectivity index (χ4v) is 1.59. The summed E-state index contributed by atoms with van der Waals surface area (Å²) in [5, 5.41) is 11.6. The van der Waals surface area contributed by atoms with Gasteiger partial charge in [-0.3, -0.25) is 0 Å². The number of oxime groups is 1. The molecule has 2 aromatic rings. The van der Waals surface area contributed by atoms with Gasteiger partial charge in [-0.2, -0.15) is 13.2 Å². The fourth-order valence-electron chi connectivity index (χ4n) is 1.59. The van der Waals surface area contributed by atoms with Crippen molar-refractivity contribution < 1.29 is 22.8 Å². The molecule has 0 amide bonds. The monoisotopic (exact) mass is 269 g/mol. The molecule has 0 atom stereocenters. The van der Waals surface area contributed by atoms with E-state index in [1.165, 1.54) is 31.2 Å². The van der Waals surface area contributed by atoms with Gasteiger partial charge in [-0.25, -0.2) is 0 Å². The first kappa shape index (κ1) is 13.2. The van der Waals surface area contributed by atoms with Gasteiger partial charge in [0.1, 0.15) is 11.5 Å². The third-order valence-electron chi connectivity index (χ3n) is 2.59. The number of benzene rings is 1. The number of alkyl halides is 3. The van der Waals surface area contributed by atoms with Gasteiger partial charge in [0.05, 0.1) is 5.56 Å². The van der Waals surface area contributed by atoms with Crippen LogP contribution in [-0.4, -0.2) is 10.9 Å². The second-order valence-electron chi connectivity index (χ2n) is 3.93. The molecule has 0 saturated heterocycles. The van der Waals surface area contributed by atoms with Crippen LogP contribution in [-0.2, 0) is 6.18 Å². The average molecular weight is 269 g/mol. The first-order valence-electron chi connectivity index (χ1n) is 5.38. The van der Waals surface area contributed by atoms with Crippen LogP contribution in [0, 0.1) is 0 Å². The van der Waals surface area contributed by atoms with Gasteiger partial charge in [-0.15, -0.1) is 0 Å². The van der Waals surface area contributed by atoms with Gasteiger partial charge in [0.15, 0.2) is 5.76 Å². The van der Waals surface area contributed by atoms with Crippen LogP contribution < -0.4 is 0 Å². The van der Waals surface area contributed by atoms with Crippen molar-refractivity contribution in [1.82, 2.24) is 0 Å². The molecule has 0 saturated carbocycles. The van der Waals surface area contributed by atoms with Crippen molar-refractivity contribution in [3.8, 4) is 11.3 Å². The quantitative estimate of drug-likeness (QED) is 0.505. The molecular formula is C13H10F3NO2. The normalized spacial score (nSPS) is 12.7. The van der Waals surface area contributed by atoms with Gasteiger partial charge in [0, 0.05) is 5.56 Å². The molecule has 1 aromatic carbocycles. The van der Waals surface area contributed by atoms with E-state index in [1.54, 1.807) is 0 Å². The lowest BCUT2D eigenvalue weighted by Gasteiger charge is -2.07. The van der Waals surface area contributed by atoms with Gasteiger partial charge >= 0.3 is 6.18 Å². The Bertz CT molecular complexity index is 614. The summed E-state index contributed by atoms with van der Waals surface area (Å²) in [5.41, 5.74) is -0.180. The zero-order chi connectivity index (χ0) is 14.0. The van der Waals surface area contributed by atoms with E-state index in [-0.39, 0.29) is 11.5 Å². The van der Waals surface area contributed by atoms with E-state index in [9.17, 15) is 13.2 Å². The van der Waals surface area contributed by atoms with E-state index in [0.717, 1.165) is 12.1 Å². The molecule has 0 unspecified atom stereocenters. The van der Waals surface area contributed by atoms with E-state index in [0.29, 0.717) is 11.3 Å². The maximum Gasteiger partial charge on any atom is 0.416 e. The number of hydrogen-bond acceptors (Lipinski definition) is 3. The Hall–Kier alpha value is -2.24. The van der Waals surface area contributed by atoms with E-state index >= 15 is 0 Å². The van der Waals surface area contributed by atoms with Crippen molar-refractivity contribution in [3.63, 3.8) is 0 Å². The Balaban J connectivity index is 2.40. The van der Waals surface area contributed by atoms with Crippen LogP contribution in [0.1, 0.15) is 18.2 Å². The second kappa shape index (κ2) is 4.79. The van der Waals surface area contributed by atoms with Gasteiger partial charge < -0.3 is 9.62 Å². The molecule has 19 heavy (non-hydrogen) atoms. The molecule has 6 heteroatoms. The fraction of sp³-hybridized carbons (Fsp3) is 0.154. The number of nitrogens with zero attached hydrogens (tertiary/aromatic N) is 1. The highest BCUT2D eigenvalue weighted by molar-refractivity contribution is 5.96. The second-order valence-corrected chi connectivity index (χ2v) is 3.93. The van der Waals surface area contributed by atoms with E-state index in [4.69, 9.17) is 9.62 Å². The third-order valence-corrected chi connectivity index (χ3v) is 2.59. The Kier molecular flexibility index (Phi) is 3.33. The Morgan fingerprint density at radius 3 is 2.58 bits per heavy atom. The summed E-state index contributed by atoms with van der Waals surface area (Å²) in [6, 6.07) is 7.89.